The molecule has 1 aliphatic heterocycles. The molecule has 0 spiro atoms. The van der Waals surface area contributed by atoms with Crippen LogP contribution in [0, 0.1) is 11.7 Å². The molecule has 2 aliphatic rings. The zero-order valence-corrected chi connectivity index (χ0v) is 13.1. The summed E-state index contributed by atoms with van der Waals surface area (Å²) in [5, 5.41) is 14.1. The minimum atomic E-state index is -2.92. The number of benzene rings is 1. The van der Waals surface area contributed by atoms with Crippen molar-refractivity contribution in [3.05, 3.63) is 35.6 Å². The highest BCUT2D eigenvalue weighted by atomic mass is 19.3. The van der Waals surface area contributed by atoms with E-state index in [0.717, 1.165) is 12.1 Å². The number of carbonyl (C=O) groups excluding carboxylic acids is 1. The van der Waals surface area contributed by atoms with Gasteiger partial charge in [-0.25, -0.2) is 18.0 Å². The van der Waals surface area contributed by atoms with Gasteiger partial charge in [0.15, 0.2) is 5.60 Å². The molecule has 24 heavy (non-hydrogen) atoms. The first kappa shape index (κ1) is 17.2. The first-order valence-corrected chi connectivity index (χ1v) is 8.09. The van der Waals surface area contributed by atoms with Crippen LogP contribution in [-0.2, 0) is 15.1 Å². The standard InChI is InChI=1S/C17H20F3NO3/c18-13-3-1-11(2-4-13)17(23,12-5-7-16(19,20)9-12)15(22)24-14-6-8-21-10-14/h1-4,12,14,21,23H,5-10H2/t12-,14-,17+/m1/s1. The second-order valence-electron chi connectivity index (χ2n) is 6.59. The second kappa shape index (κ2) is 6.37. The van der Waals surface area contributed by atoms with Crippen LogP contribution in [0.2, 0.25) is 0 Å². The first-order chi connectivity index (χ1) is 11.3. The van der Waals surface area contributed by atoms with Gasteiger partial charge in [0.1, 0.15) is 11.9 Å². The normalized spacial score (nSPS) is 28.5. The molecular formula is C17H20F3NO3. The summed E-state index contributed by atoms with van der Waals surface area (Å²) in [5.41, 5.74) is -2.11. The Bertz CT molecular complexity index is 602. The fourth-order valence-electron chi connectivity index (χ4n) is 3.50. The fraction of sp³-hybridized carbons (Fsp3) is 0.588. The first-order valence-electron chi connectivity index (χ1n) is 8.09. The lowest BCUT2D eigenvalue weighted by Crippen LogP contribution is -2.45. The maximum atomic E-state index is 13.6. The van der Waals surface area contributed by atoms with Crippen molar-refractivity contribution in [3.8, 4) is 0 Å². The van der Waals surface area contributed by atoms with Crippen molar-refractivity contribution in [1.82, 2.24) is 5.32 Å². The van der Waals surface area contributed by atoms with Gasteiger partial charge in [-0.1, -0.05) is 12.1 Å². The van der Waals surface area contributed by atoms with Gasteiger partial charge >= 0.3 is 5.97 Å². The topological polar surface area (TPSA) is 58.6 Å². The lowest BCUT2D eigenvalue weighted by Gasteiger charge is -2.33. The molecule has 1 aliphatic carbocycles. The molecule has 0 amide bonds. The Hall–Kier alpha value is -1.60. The van der Waals surface area contributed by atoms with Crippen molar-refractivity contribution in [2.75, 3.05) is 13.1 Å². The number of hydrogen-bond donors (Lipinski definition) is 2. The Morgan fingerprint density at radius 2 is 2.00 bits per heavy atom. The van der Waals surface area contributed by atoms with Gasteiger partial charge in [-0.2, -0.15) is 0 Å². The van der Waals surface area contributed by atoms with E-state index in [1.54, 1.807) is 0 Å². The van der Waals surface area contributed by atoms with E-state index in [1.165, 1.54) is 12.1 Å². The Morgan fingerprint density at radius 1 is 1.29 bits per heavy atom. The van der Waals surface area contributed by atoms with E-state index in [4.69, 9.17) is 4.74 Å². The molecule has 2 fully saturated rings. The molecule has 3 atom stereocenters. The zero-order valence-electron chi connectivity index (χ0n) is 13.1. The number of rotatable bonds is 4. The Balaban J connectivity index is 1.90. The van der Waals surface area contributed by atoms with Gasteiger partial charge in [-0.05, 0) is 37.1 Å². The average molecular weight is 343 g/mol. The number of hydrogen-bond acceptors (Lipinski definition) is 4. The molecular weight excluding hydrogens is 323 g/mol. The Labute approximate surface area is 138 Å². The van der Waals surface area contributed by atoms with Gasteiger partial charge in [0.2, 0.25) is 5.92 Å². The van der Waals surface area contributed by atoms with Gasteiger partial charge in [0.25, 0.3) is 0 Å². The highest BCUT2D eigenvalue weighted by molar-refractivity contribution is 5.82. The van der Waals surface area contributed by atoms with Crippen LogP contribution in [0.3, 0.4) is 0 Å². The van der Waals surface area contributed by atoms with Crippen molar-refractivity contribution in [3.63, 3.8) is 0 Å². The summed E-state index contributed by atoms with van der Waals surface area (Å²) in [6.07, 6.45) is -0.782. The molecule has 1 saturated heterocycles. The number of aliphatic hydroxyl groups is 1. The molecule has 4 nitrogen and oxygen atoms in total. The predicted octanol–water partition coefficient (Wildman–Crippen LogP) is 2.35. The Kier molecular flexibility index (Phi) is 4.57. The summed E-state index contributed by atoms with van der Waals surface area (Å²) in [7, 11) is 0. The number of halogens is 3. The molecule has 7 heteroatoms. The predicted molar refractivity (Wildman–Crippen MR) is 80.0 cm³/mol. The number of esters is 1. The minimum Gasteiger partial charge on any atom is -0.459 e. The summed E-state index contributed by atoms with van der Waals surface area (Å²) in [6, 6.07) is 4.69. The van der Waals surface area contributed by atoms with Gasteiger partial charge in [-0.15, -0.1) is 0 Å². The van der Waals surface area contributed by atoms with Crippen LogP contribution in [0.1, 0.15) is 31.2 Å². The molecule has 1 heterocycles. The van der Waals surface area contributed by atoms with E-state index in [-0.39, 0.29) is 18.4 Å². The van der Waals surface area contributed by atoms with E-state index < -0.39 is 41.8 Å². The van der Waals surface area contributed by atoms with Crippen molar-refractivity contribution < 1.29 is 27.8 Å². The summed E-state index contributed by atoms with van der Waals surface area (Å²) in [5.74, 6) is -5.37. The van der Waals surface area contributed by atoms with Crippen molar-refractivity contribution in [2.45, 2.75) is 43.3 Å². The van der Waals surface area contributed by atoms with Gasteiger partial charge in [-0.3, -0.25) is 0 Å². The van der Waals surface area contributed by atoms with Crippen molar-refractivity contribution in [1.29, 1.82) is 0 Å². The third kappa shape index (κ3) is 3.28. The number of alkyl halides is 2. The molecule has 132 valence electrons. The molecule has 1 saturated carbocycles. The zero-order chi connectivity index (χ0) is 17.4. The van der Waals surface area contributed by atoms with Gasteiger partial charge < -0.3 is 15.2 Å². The van der Waals surface area contributed by atoms with E-state index in [2.05, 4.69) is 5.32 Å². The van der Waals surface area contributed by atoms with Crippen LogP contribution in [0.25, 0.3) is 0 Å². The number of ether oxygens (including phenoxy) is 1. The van der Waals surface area contributed by atoms with Crippen LogP contribution in [0.5, 0.6) is 0 Å². The SMILES string of the molecule is O=C(O[C@@H]1CCNC1)[C@](O)(c1ccc(F)cc1)[C@@H]1CCC(F)(F)C1. The summed E-state index contributed by atoms with van der Waals surface area (Å²) >= 11 is 0. The second-order valence-corrected chi connectivity index (χ2v) is 6.59. The van der Waals surface area contributed by atoms with Crippen molar-refractivity contribution in [2.24, 2.45) is 5.92 Å². The minimum absolute atomic E-state index is 0.00110. The quantitative estimate of drug-likeness (QED) is 0.824. The molecule has 0 bridgehead atoms. The average Bonchev–Trinajstić information content (AvgIpc) is 3.16. The van der Waals surface area contributed by atoms with Gasteiger partial charge in [0.05, 0.1) is 0 Å². The lowest BCUT2D eigenvalue weighted by atomic mass is 9.80. The molecule has 0 unspecified atom stereocenters. The third-order valence-electron chi connectivity index (χ3n) is 4.88. The fourth-order valence-corrected chi connectivity index (χ4v) is 3.50. The number of nitrogens with one attached hydrogen (secondary N) is 1. The van der Waals surface area contributed by atoms with Crippen LogP contribution in [-0.4, -0.2) is 36.2 Å². The summed E-state index contributed by atoms with van der Waals surface area (Å²) in [4.78, 5) is 12.7. The molecule has 1 aromatic carbocycles. The maximum Gasteiger partial charge on any atom is 0.343 e. The molecule has 0 aromatic heterocycles. The molecule has 1 aromatic rings. The third-order valence-corrected chi connectivity index (χ3v) is 4.88. The van der Waals surface area contributed by atoms with E-state index in [0.29, 0.717) is 19.5 Å². The van der Waals surface area contributed by atoms with E-state index in [9.17, 15) is 23.1 Å². The largest absolute Gasteiger partial charge is 0.459 e. The van der Waals surface area contributed by atoms with Gasteiger partial charge in [0, 0.05) is 25.3 Å². The van der Waals surface area contributed by atoms with Crippen LogP contribution in [0.15, 0.2) is 24.3 Å². The Morgan fingerprint density at radius 3 is 2.54 bits per heavy atom. The lowest BCUT2D eigenvalue weighted by molar-refractivity contribution is -0.179. The molecule has 2 N–H and O–H groups in total. The highest BCUT2D eigenvalue weighted by Gasteiger charge is 2.54. The van der Waals surface area contributed by atoms with Crippen LogP contribution >= 0.6 is 0 Å². The maximum absolute atomic E-state index is 13.6. The molecule has 3 rings (SSSR count). The van der Waals surface area contributed by atoms with E-state index >= 15 is 0 Å². The monoisotopic (exact) mass is 343 g/mol. The molecule has 0 radical (unpaired) electrons. The van der Waals surface area contributed by atoms with Crippen LogP contribution < -0.4 is 5.32 Å². The van der Waals surface area contributed by atoms with Crippen molar-refractivity contribution >= 4 is 5.97 Å². The highest BCUT2D eigenvalue weighted by Crippen LogP contribution is 2.48. The smallest absolute Gasteiger partial charge is 0.343 e. The van der Waals surface area contributed by atoms with E-state index in [1.807, 2.05) is 0 Å². The summed E-state index contributed by atoms with van der Waals surface area (Å²) in [6.45, 7) is 1.15. The van der Waals surface area contributed by atoms with Crippen LogP contribution in [0.4, 0.5) is 13.2 Å². The summed E-state index contributed by atoms with van der Waals surface area (Å²) < 4.78 is 45.8. The number of carbonyl (C=O) groups is 1.